The molecular formula is C15H27N3O6. The standard InChI is InChI=1S/C15H27N3O6/c1-6-7-10(19)18(5)11(14(22)23)13(21)17(4)9(12(16)20)8-15(2,3)24/h9,11,24H,6-8H2,1-5H3,(H2,16,20)(H,22,23)/t9-,11?/m0/s1. The third-order valence-corrected chi connectivity index (χ3v) is 3.55. The summed E-state index contributed by atoms with van der Waals surface area (Å²) in [4.78, 5) is 49.2. The molecule has 0 aliphatic carbocycles. The first-order valence-electron chi connectivity index (χ1n) is 7.60. The Kier molecular flexibility index (Phi) is 7.85. The van der Waals surface area contributed by atoms with Gasteiger partial charge in [0, 0.05) is 26.9 Å². The van der Waals surface area contributed by atoms with E-state index >= 15 is 0 Å². The fourth-order valence-electron chi connectivity index (χ4n) is 2.22. The molecule has 0 radical (unpaired) electrons. The molecule has 0 heterocycles. The second kappa shape index (κ2) is 8.62. The maximum absolute atomic E-state index is 12.5. The molecule has 24 heavy (non-hydrogen) atoms. The number of primary amides is 1. The third-order valence-electron chi connectivity index (χ3n) is 3.55. The summed E-state index contributed by atoms with van der Waals surface area (Å²) in [5.74, 6) is -3.84. The van der Waals surface area contributed by atoms with E-state index in [-0.39, 0.29) is 12.8 Å². The molecule has 0 saturated carbocycles. The number of amides is 3. The minimum atomic E-state index is -1.77. The van der Waals surface area contributed by atoms with Gasteiger partial charge in [0.1, 0.15) is 6.04 Å². The molecule has 0 rings (SSSR count). The molecule has 9 heteroatoms. The second-order valence-electron chi connectivity index (χ2n) is 6.38. The maximum atomic E-state index is 12.5. The Labute approximate surface area is 141 Å². The van der Waals surface area contributed by atoms with Crippen molar-refractivity contribution in [3.63, 3.8) is 0 Å². The highest BCUT2D eigenvalue weighted by atomic mass is 16.4. The van der Waals surface area contributed by atoms with Crippen LogP contribution in [0.4, 0.5) is 0 Å². The lowest BCUT2D eigenvalue weighted by molar-refractivity contribution is -0.159. The number of carbonyl (C=O) groups is 4. The largest absolute Gasteiger partial charge is 0.479 e. The molecule has 0 aliphatic rings. The Bertz CT molecular complexity index is 500. The lowest BCUT2D eigenvalue weighted by Gasteiger charge is -2.34. The molecule has 3 amide bonds. The number of likely N-dealkylation sites (N-methyl/N-ethyl adjacent to an activating group) is 2. The van der Waals surface area contributed by atoms with Gasteiger partial charge in [-0.1, -0.05) is 6.92 Å². The predicted molar refractivity (Wildman–Crippen MR) is 85.8 cm³/mol. The first-order valence-corrected chi connectivity index (χ1v) is 7.60. The fourth-order valence-corrected chi connectivity index (χ4v) is 2.22. The number of nitrogens with zero attached hydrogens (tertiary/aromatic N) is 2. The van der Waals surface area contributed by atoms with Gasteiger partial charge in [-0.25, -0.2) is 4.79 Å². The minimum Gasteiger partial charge on any atom is -0.479 e. The average Bonchev–Trinajstić information content (AvgIpc) is 2.42. The smallest absolute Gasteiger partial charge is 0.336 e. The second-order valence-corrected chi connectivity index (χ2v) is 6.38. The topological polar surface area (TPSA) is 141 Å². The van der Waals surface area contributed by atoms with Crippen LogP contribution in [-0.2, 0) is 19.2 Å². The van der Waals surface area contributed by atoms with Crippen LogP contribution in [0.2, 0.25) is 0 Å². The highest BCUT2D eigenvalue weighted by Gasteiger charge is 2.39. The zero-order chi connectivity index (χ0) is 19.2. The van der Waals surface area contributed by atoms with Crippen LogP contribution in [-0.4, -0.2) is 75.5 Å². The van der Waals surface area contributed by atoms with E-state index in [9.17, 15) is 29.4 Å². The van der Waals surface area contributed by atoms with E-state index in [1.165, 1.54) is 27.9 Å². The molecule has 0 aromatic heterocycles. The van der Waals surface area contributed by atoms with Crippen LogP contribution in [0, 0.1) is 0 Å². The molecule has 0 spiro atoms. The zero-order valence-corrected chi connectivity index (χ0v) is 14.8. The van der Waals surface area contributed by atoms with Gasteiger partial charge in [-0.2, -0.15) is 0 Å². The summed E-state index contributed by atoms with van der Waals surface area (Å²) in [6.07, 6.45) is 0.436. The lowest BCUT2D eigenvalue weighted by Crippen LogP contribution is -2.57. The van der Waals surface area contributed by atoms with Crippen LogP contribution >= 0.6 is 0 Å². The first-order chi connectivity index (χ1) is 10.8. The minimum absolute atomic E-state index is 0.0974. The van der Waals surface area contributed by atoms with Crippen LogP contribution in [0.3, 0.4) is 0 Å². The van der Waals surface area contributed by atoms with Crippen LogP contribution < -0.4 is 5.73 Å². The number of carboxylic acid groups (broad SMARTS) is 1. The van der Waals surface area contributed by atoms with E-state index in [1.54, 1.807) is 6.92 Å². The molecular weight excluding hydrogens is 318 g/mol. The molecule has 138 valence electrons. The van der Waals surface area contributed by atoms with Gasteiger partial charge in [0.05, 0.1) is 5.60 Å². The van der Waals surface area contributed by atoms with Crippen molar-refractivity contribution in [2.75, 3.05) is 14.1 Å². The number of hydrogen-bond donors (Lipinski definition) is 3. The summed E-state index contributed by atoms with van der Waals surface area (Å²) in [7, 11) is 2.44. The number of hydrogen-bond acceptors (Lipinski definition) is 5. The van der Waals surface area contributed by atoms with Crippen molar-refractivity contribution in [1.82, 2.24) is 9.80 Å². The number of aliphatic carboxylic acids is 1. The molecule has 0 aromatic rings. The summed E-state index contributed by atoms with van der Waals surface area (Å²) < 4.78 is 0. The van der Waals surface area contributed by atoms with Crippen molar-refractivity contribution in [2.24, 2.45) is 5.73 Å². The maximum Gasteiger partial charge on any atom is 0.336 e. The molecule has 1 unspecified atom stereocenters. The van der Waals surface area contributed by atoms with E-state index in [0.717, 1.165) is 9.80 Å². The van der Waals surface area contributed by atoms with E-state index in [1.807, 2.05) is 0 Å². The van der Waals surface area contributed by atoms with Gasteiger partial charge in [-0.3, -0.25) is 14.4 Å². The number of carboxylic acids is 1. The molecule has 0 saturated heterocycles. The molecule has 9 nitrogen and oxygen atoms in total. The van der Waals surface area contributed by atoms with Crippen molar-refractivity contribution in [1.29, 1.82) is 0 Å². The van der Waals surface area contributed by atoms with Gasteiger partial charge in [0.15, 0.2) is 0 Å². The Morgan fingerprint density at radius 2 is 1.62 bits per heavy atom. The summed E-state index contributed by atoms with van der Waals surface area (Å²) in [5.41, 5.74) is 3.98. The van der Waals surface area contributed by atoms with E-state index < -0.39 is 41.4 Å². The van der Waals surface area contributed by atoms with Gasteiger partial charge in [-0.05, 0) is 20.3 Å². The number of carbonyl (C=O) groups excluding carboxylic acids is 3. The van der Waals surface area contributed by atoms with Crippen molar-refractivity contribution in [3.05, 3.63) is 0 Å². The van der Waals surface area contributed by atoms with Crippen molar-refractivity contribution in [2.45, 2.75) is 57.7 Å². The summed E-state index contributed by atoms with van der Waals surface area (Å²) in [6, 6.07) is -2.97. The molecule has 0 aliphatic heterocycles. The van der Waals surface area contributed by atoms with Gasteiger partial charge >= 0.3 is 5.97 Å². The van der Waals surface area contributed by atoms with Gasteiger partial charge in [-0.15, -0.1) is 0 Å². The van der Waals surface area contributed by atoms with E-state index in [2.05, 4.69) is 0 Å². The highest BCUT2D eigenvalue weighted by Crippen LogP contribution is 2.17. The molecule has 4 N–H and O–H groups in total. The van der Waals surface area contributed by atoms with Gasteiger partial charge in [0.25, 0.3) is 5.91 Å². The quantitative estimate of drug-likeness (QED) is 0.466. The first kappa shape index (κ1) is 21.8. The number of aliphatic hydroxyl groups is 1. The van der Waals surface area contributed by atoms with Crippen LogP contribution in [0.15, 0.2) is 0 Å². The number of rotatable bonds is 9. The highest BCUT2D eigenvalue weighted by molar-refractivity contribution is 6.05. The van der Waals surface area contributed by atoms with Crippen molar-refractivity contribution >= 4 is 23.7 Å². The predicted octanol–water partition coefficient (Wildman–Crippen LogP) is -0.829. The SMILES string of the molecule is CCCC(=O)N(C)C(C(=O)O)C(=O)N(C)[C@@H](CC(C)(C)O)C(N)=O. The van der Waals surface area contributed by atoms with Crippen LogP contribution in [0.1, 0.15) is 40.0 Å². The normalized spacial score (nSPS) is 13.8. The third kappa shape index (κ3) is 6.15. The average molecular weight is 345 g/mol. The fraction of sp³-hybridized carbons (Fsp3) is 0.733. The van der Waals surface area contributed by atoms with Gasteiger partial charge in [0.2, 0.25) is 17.9 Å². The Balaban J connectivity index is 5.50. The number of nitrogens with two attached hydrogens (primary N) is 1. The van der Waals surface area contributed by atoms with Crippen molar-refractivity contribution in [3.8, 4) is 0 Å². The Morgan fingerprint density at radius 1 is 1.12 bits per heavy atom. The van der Waals surface area contributed by atoms with E-state index in [4.69, 9.17) is 5.73 Å². The zero-order valence-electron chi connectivity index (χ0n) is 14.8. The Morgan fingerprint density at radius 3 is 1.96 bits per heavy atom. The molecule has 0 fully saturated rings. The lowest BCUT2D eigenvalue weighted by atomic mass is 9.97. The molecule has 0 bridgehead atoms. The Hall–Kier alpha value is -2.16. The van der Waals surface area contributed by atoms with E-state index in [0.29, 0.717) is 6.42 Å². The monoisotopic (exact) mass is 345 g/mol. The molecule has 0 aromatic carbocycles. The van der Waals surface area contributed by atoms with Crippen molar-refractivity contribution < 1.29 is 29.4 Å². The summed E-state index contributed by atoms with van der Waals surface area (Å²) >= 11 is 0. The van der Waals surface area contributed by atoms with Gasteiger partial charge < -0.3 is 25.7 Å². The summed E-state index contributed by atoms with van der Waals surface area (Å²) in [6.45, 7) is 4.63. The molecule has 2 atom stereocenters. The summed E-state index contributed by atoms with van der Waals surface area (Å²) in [5, 5.41) is 19.2. The van der Waals surface area contributed by atoms with Crippen LogP contribution in [0.5, 0.6) is 0 Å². The van der Waals surface area contributed by atoms with Crippen LogP contribution in [0.25, 0.3) is 0 Å².